The van der Waals surface area contributed by atoms with Gasteiger partial charge in [0.25, 0.3) is 5.79 Å². The number of carboxylic acids is 1. The van der Waals surface area contributed by atoms with Gasteiger partial charge in [-0.15, -0.1) is 0 Å². The number of aliphatic hydroxyl groups is 8. The van der Waals surface area contributed by atoms with E-state index in [-0.39, 0.29) is 26.2 Å². The predicted molar refractivity (Wildman–Crippen MR) is 157 cm³/mol. The number of hydrogen-bond acceptors (Lipinski definition) is 16. The third-order valence-electron chi connectivity index (χ3n) is 8.53. The summed E-state index contributed by atoms with van der Waals surface area (Å²) in [5, 5.41) is 96.8. The van der Waals surface area contributed by atoms with E-state index in [1.807, 2.05) is 30.3 Å². The SMILES string of the molecule is CC(=O)N[C@H]1[C@H]([C@H](O)[C@H](O)CO)O[C@@](O[C@H]2[C@@H](O)[C@@H](CO)O[C@@H](O[C@@H]3CCO[C@H](COCc4ccccc4)[C@@H]3O)[C@@H]2O)(C(=O)O)C[C@@H]1O. The van der Waals surface area contributed by atoms with E-state index in [1.165, 1.54) is 0 Å². The molecule has 1 aromatic rings. The molecular weight excluding hydrogens is 646 g/mol. The Morgan fingerprint density at radius 2 is 1.75 bits per heavy atom. The highest BCUT2D eigenvalue weighted by Crippen LogP contribution is 2.38. The van der Waals surface area contributed by atoms with E-state index in [9.17, 15) is 55.5 Å². The van der Waals surface area contributed by atoms with Crippen molar-refractivity contribution < 1.29 is 84.0 Å². The number of nitrogens with one attached hydrogen (secondary N) is 1. The van der Waals surface area contributed by atoms with Crippen LogP contribution in [0.15, 0.2) is 30.3 Å². The Labute approximate surface area is 275 Å². The van der Waals surface area contributed by atoms with Gasteiger partial charge in [-0.25, -0.2) is 4.79 Å². The molecule has 0 unspecified atom stereocenters. The van der Waals surface area contributed by atoms with Gasteiger partial charge >= 0.3 is 5.97 Å². The Bertz CT molecular complexity index is 1180. The van der Waals surface area contributed by atoms with Crippen molar-refractivity contribution in [2.24, 2.45) is 0 Å². The molecule has 3 fully saturated rings. The summed E-state index contributed by atoms with van der Waals surface area (Å²) in [6.45, 7) is -0.402. The molecule has 0 spiro atoms. The summed E-state index contributed by atoms with van der Waals surface area (Å²) < 4.78 is 34.1. The van der Waals surface area contributed by atoms with Gasteiger partial charge in [0.1, 0.15) is 54.9 Å². The standard InChI is InChI=1S/C30H45NO17/c1-14(34)31-21-16(35)9-30(29(41)42,47-26(21)22(37)17(36)10-32)48-27-24(39)19(11-33)46-28(25(27)40)45-18-7-8-44-20(23(18)38)13-43-12-15-5-3-2-4-6-15/h2-6,16-28,32-33,35-40H,7-13H2,1H3,(H,31,34)(H,41,42)/t16-,17+,18+,19+,20+,21+,22+,23+,24-,25+,26+,27-,28+,30-/m0/s1. The summed E-state index contributed by atoms with van der Waals surface area (Å²) in [4.78, 5) is 24.5. The predicted octanol–water partition coefficient (Wildman–Crippen LogP) is -4.29. The Kier molecular flexibility index (Phi) is 13.6. The lowest BCUT2D eigenvalue weighted by Gasteiger charge is -2.50. The minimum Gasteiger partial charge on any atom is -0.477 e. The van der Waals surface area contributed by atoms with Crippen LogP contribution in [0.25, 0.3) is 0 Å². The third kappa shape index (κ3) is 8.84. The second-order valence-electron chi connectivity index (χ2n) is 12.0. The maximum Gasteiger partial charge on any atom is 0.364 e. The van der Waals surface area contributed by atoms with Crippen molar-refractivity contribution in [1.29, 1.82) is 0 Å². The van der Waals surface area contributed by atoms with Gasteiger partial charge in [-0.3, -0.25) is 4.79 Å². The number of carbonyl (C=O) groups is 2. The van der Waals surface area contributed by atoms with Gasteiger partial charge in [-0.2, -0.15) is 0 Å². The maximum absolute atomic E-state index is 12.7. The van der Waals surface area contributed by atoms with E-state index in [0.29, 0.717) is 0 Å². The van der Waals surface area contributed by atoms with Crippen molar-refractivity contribution in [3.8, 4) is 0 Å². The molecule has 0 saturated carbocycles. The third-order valence-corrected chi connectivity index (χ3v) is 8.53. The molecule has 3 heterocycles. The van der Waals surface area contributed by atoms with Crippen molar-refractivity contribution in [3.05, 3.63) is 35.9 Å². The first kappa shape index (κ1) is 38.4. The highest BCUT2D eigenvalue weighted by molar-refractivity contribution is 5.76. The molecule has 272 valence electrons. The van der Waals surface area contributed by atoms with E-state index in [4.69, 9.17) is 28.4 Å². The lowest BCUT2D eigenvalue weighted by molar-refractivity contribution is -0.376. The van der Waals surface area contributed by atoms with Crippen LogP contribution in [-0.4, -0.2) is 170 Å². The molecular formula is C30H45NO17. The lowest BCUT2D eigenvalue weighted by Crippen LogP contribution is -2.70. The zero-order valence-corrected chi connectivity index (χ0v) is 26.1. The molecule has 0 aliphatic carbocycles. The number of carbonyl (C=O) groups excluding carboxylic acids is 1. The first-order chi connectivity index (χ1) is 22.8. The van der Waals surface area contributed by atoms with Crippen LogP contribution in [0, 0.1) is 0 Å². The van der Waals surface area contributed by atoms with Crippen molar-refractivity contribution >= 4 is 11.9 Å². The Hall–Kier alpha value is -2.40. The summed E-state index contributed by atoms with van der Waals surface area (Å²) in [6.07, 6.45) is -20.6. The number of rotatable bonds is 14. The normalized spacial score (nSPS) is 38.6. The summed E-state index contributed by atoms with van der Waals surface area (Å²) in [6, 6.07) is 7.81. The summed E-state index contributed by atoms with van der Waals surface area (Å²) in [7, 11) is 0. The minimum atomic E-state index is -2.93. The zero-order chi connectivity index (χ0) is 35.2. The van der Waals surface area contributed by atoms with Crippen LogP contribution in [0.1, 0.15) is 25.3 Å². The van der Waals surface area contributed by atoms with Crippen molar-refractivity contribution in [3.63, 3.8) is 0 Å². The van der Waals surface area contributed by atoms with Gasteiger partial charge in [0, 0.05) is 20.0 Å². The van der Waals surface area contributed by atoms with Gasteiger partial charge in [-0.1, -0.05) is 30.3 Å². The highest BCUT2D eigenvalue weighted by Gasteiger charge is 2.59. The van der Waals surface area contributed by atoms with E-state index >= 15 is 0 Å². The number of benzene rings is 1. The molecule has 48 heavy (non-hydrogen) atoms. The van der Waals surface area contributed by atoms with Crippen LogP contribution < -0.4 is 5.32 Å². The molecule has 3 saturated heterocycles. The highest BCUT2D eigenvalue weighted by atomic mass is 16.8. The molecule has 1 amide bonds. The molecule has 1 aromatic carbocycles. The van der Waals surface area contributed by atoms with E-state index in [0.717, 1.165) is 12.5 Å². The number of carboxylic acid groups (broad SMARTS) is 1. The molecule has 0 aromatic heterocycles. The topological polar surface area (TPSA) is 284 Å². The number of aliphatic carboxylic acids is 1. The summed E-state index contributed by atoms with van der Waals surface area (Å²) in [5.41, 5.74) is 0.901. The first-order valence-corrected chi connectivity index (χ1v) is 15.5. The van der Waals surface area contributed by atoms with Crippen molar-refractivity contribution in [2.75, 3.05) is 26.4 Å². The molecule has 10 N–H and O–H groups in total. The van der Waals surface area contributed by atoms with Crippen LogP contribution >= 0.6 is 0 Å². The molecule has 18 heteroatoms. The van der Waals surface area contributed by atoms with Gasteiger partial charge in [0.15, 0.2) is 6.29 Å². The number of aliphatic hydroxyl groups excluding tert-OH is 8. The maximum atomic E-state index is 12.7. The summed E-state index contributed by atoms with van der Waals surface area (Å²) in [5.74, 6) is -5.52. The van der Waals surface area contributed by atoms with E-state index in [2.05, 4.69) is 5.32 Å². The van der Waals surface area contributed by atoms with Gasteiger partial charge < -0.3 is 79.7 Å². The van der Waals surface area contributed by atoms with E-state index in [1.54, 1.807) is 0 Å². The van der Waals surface area contributed by atoms with Gasteiger partial charge in [-0.05, 0) is 12.0 Å². The Morgan fingerprint density at radius 1 is 1.04 bits per heavy atom. The average Bonchev–Trinajstić information content (AvgIpc) is 3.06. The lowest BCUT2D eigenvalue weighted by atomic mass is 9.88. The molecule has 4 rings (SSSR count). The molecule has 0 bridgehead atoms. The largest absolute Gasteiger partial charge is 0.477 e. The summed E-state index contributed by atoms with van der Waals surface area (Å²) >= 11 is 0. The van der Waals surface area contributed by atoms with Crippen LogP contribution in [0.3, 0.4) is 0 Å². The molecule has 0 radical (unpaired) electrons. The van der Waals surface area contributed by atoms with Crippen LogP contribution in [-0.2, 0) is 44.6 Å². The number of hydrogen-bond donors (Lipinski definition) is 10. The fourth-order valence-electron chi connectivity index (χ4n) is 5.95. The Balaban J connectivity index is 1.51. The smallest absolute Gasteiger partial charge is 0.364 e. The molecule has 3 aliphatic heterocycles. The molecule has 3 aliphatic rings. The second-order valence-corrected chi connectivity index (χ2v) is 12.0. The Morgan fingerprint density at radius 3 is 2.38 bits per heavy atom. The fraction of sp³-hybridized carbons (Fsp3) is 0.733. The molecule has 14 atom stereocenters. The minimum absolute atomic E-state index is 0.00795. The van der Waals surface area contributed by atoms with Gasteiger partial charge in [0.2, 0.25) is 5.91 Å². The van der Waals surface area contributed by atoms with Crippen LogP contribution in [0.4, 0.5) is 0 Å². The zero-order valence-electron chi connectivity index (χ0n) is 26.1. The first-order valence-electron chi connectivity index (χ1n) is 15.5. The second kappa shape index (κ2) is 17.0. The monoisotopic (exact) mass is 691 g/mol. The molecule has 18 nitrogen and oxygen atoms in total. The van der Waals surface area contributed by atoms with E-state index < -0.39 is 117 Å². The van der Waals surface area contributed by atoms with Crippen molar-refractivity contribution in [2.45, 2.75) is 112 Å². The van der Waals surface area contributed by atoms with Gasteiger partial charge in [0.05, 0.1) is 44.7 Å². The average molecular weight is 692 g/mol. The number of amides is 1. The number of ether oxygens (including phenoxy) is 6. The van der Waals surface area contributed by atoms with Crippen LogP contribution in [0.2, 0.25) is 0 Å². The van der Waals surface area contributed by atoms with Crippen molar-refractivity contribution in [1.82, 2.24) is 5.32 Å². The quantitative estimate of drug-likeness (QED) is 0.0883. The fourth-order valence-corrected chi connectivity index (χ4v) is 5.95. The van der Waals surface area contributed by atoms with Crippen LogP contribution in [0.5, 0.6) is 0 Å².